The van der Waals surface area contributed by atoms with E-state index in [0.29, 0.717) is 17.3 Å². The summed E-state index contributed by atoms with van der Waals surface area (Å²) in [6, 6.07) is 10.4. The van der Waals surface area contributed by atoms with E-state index in [1.54, 1.807) is 37.4 Å². The van der Waals surface area contributed by atoms with Crippen LogP contribution < -0.4 is 5.56 Å². The van der Waals surface area contributed by atoms with Crippen molar-refractivity contribution >= 4 is 17.5 Å². The molecule has 2 aromatic rings. The highest BCUT2D eigenvalue weighted by Crippen LogP contribution is 2.20. The number of nitrogens with zero attached hydrogens (tertiary/aromatic N) is 1. The number of rotatable bonds is 3. The van der Waals surface area contributed by atoms with Gasteiger partial charge in [0.2, 0.25) is 0 Å². The Kier molecular flexibility index (Phi) is 4.25. The number of carbonyl (C=O) groups is 1. The lowest BCUT2D eigenvalue weighted by atomic mass is 10.1. The molecule has 5 heteroatoms. The van der Waals surface area contributed by atoms with E-state index in [1.165, 1.54) is 4.90 Å². The first-order valence-electron chi connectivity index (χ1n) is 6.27. The van der Waals surface area contributed by atoms with E-state index in [4.69, 9.17) is 11.6 Å². The van der Waals surface area contributed by atoms with E-state index in [9.17, 15) is 9.59 Å². The second-order valence-corrected chi connectivity index (χ2v) is 4.88. The van der Waals surface area contributed by atoms with Gasteiger partial charge < -0.3 is 9.88 Å². The van der Waals surface area contributed by atoms with Crippen LogP contribution in [0.15, 0.2) is 41.2 Å². The Bertz CT molecular complexity index is 694. The molecule has 1 amide bonds. The number of aromatic amines is 1. The zero-order valence-electron chi connectivity index (χ0n) is 11.3. The lowest BCUT2D eigenvalue weighted by molar-refractivity contribution is 0.0800. The molecule has 0 aliphatic carbocycles. The number of hydrogen-bond donors (Lipinski definition) is 1. The fraction of sp³-hybridized carbons (Fsp3) is 0.200. The van der Waals surface area contributed by atoms with Crippen molar-refractivity contribution in [3.8, 4) is 11.3 Å². The van der Waals surface area contributed by atoms with Gasteiger partial charge in [0.05, 0.1) is 0 Å². The number of hydrogen-bond acceptors (Lipinski definition) is 2. The van der Waals surface area contributed by atoms with Gasteiger partial charge in [0.15, 0.2) is 0 Å². The number of amides is 1. The van der Waals surface area contributed by atoms with Gasteiger partial charge in [-0.1, -0.05) is 23.7 Å². The van der Waals surface area contributed by atoms with E-state index in [0.717, 1.165) is 5.56 Å². The van der Waals surface area contributed by atoms with Crippen molar-refractivity contribution in [2.45, 2.75) is 6.92 Å². The average molecular weight is 291 g/mol. The molecule has 4 nitrogen and oxygen atoms in total. The first-order valence-corrected chi connectivity index (χ1v) is 6.65. The van der Waals surface area contributed by atoms with Gasteiger partial charge in [0, 0.05) is 24.3 Å². The lowest BCUT2D eigenvalue weighted by Gasteiger charge is -2.14. The molecule has 0 fully saturated rings. The topological polar surface area (TPSA) is 53.2 Å². The number of aromatic nitrogens is 1. The maximum Gasteiger partial charge on any atom is 0.261 e. The van der Waals surface area contributed by atoms with Crippen LogP contribution in [0.1, 0.15) is 17.3 Å². The Morgan fingerprint density at radius 1 is 1.30 bits per heavy atom. The van der Waals surface area contributed by atoms with Crippen molar-refractivity contribution in [2.24, 2.45) is 0 Å². The molecule has 0 atom stereocenters. The predicted octanol–water partition coefficient (Wildman–Crippen LogP) is 2.79. The third-order valence-corrected chi connectivity index (χ3v) is 3.33. The molecule has 0 aliphatic heterocycles. The summed E-state index contributed by atoms with van der Waals surface area (Å²) < 4.78 is 0. The SMILES string of the molecule is CCN(C)C(=O)c1ccc(-c2cccc(Cl)c2)[nH]c1=O. The number of carbonyl (C=O) groups excluding carboxylic acids is 1. The highest BCUT2D eigenvalue weighted by molar-refractivity contribution is 6.30. The van der Waals surface area contributed by atoms with Gasteiger partial charge in [0.25, 0.3) is 11.5 Å². The Balaban J connectivity index is 2.40. The zero-order chi connectivity index (χ0) is 14.7. The van der Waals surface area contributed by atoms with Crippen molar-refractivity contribution < 1.29 is 4.79 Å². The molecule has 2 rings (SSSR count). The van der Waals surface area contributed by atoms with Crippen molar-refractivity contribution in [1.29, 1.82) is 0 Å². The van der Waals surface area contributed by atoms with E-state index < -0.39 is 5.56 Å². The monoisotopic (exact) mass is 290 g/mol. The summed E-state index contributed by atoms with van der Waals surface area (Å²) in [5, 5.41) is 0.592. The van der Waals surface area contributed by atoms with Gasteiger partial charge in [-0.05, 0) is 36.8 Å². The molecule has 0 radical (unpaired) electrons. The summed E-state index contributed by atoms with van der Waals surface area (Å²) in [5.41, 5.74) is 1.18. The Hall–Kier alpha value is -2.07. The summed E-state index contributed by atoms with van der Waals surface area (Å²) in [6.45, 7) is 2.40. The summed E-state index contributed by atoms with van der Waals surface area (Å²) >= 11 is 5.92. The third kappa shape index (κ3) is 2.91. The van der Waals surface area contributed by atoms with Crippen molar-refractivity contribution in [3.63, 3.8) is 0 Å². The van der Waals surface area contributed by atoms with Gasteiger partial charge in [-0.3, -0.25) is 9.59 Å². The van der Waals surface area contributed by atoms with Crippen LogP contribution in [0.5, 0.6) is 0 Å². The molecule has 0 unspecified atom stereocenters. The van der Waals surface area contributed by atoms with Crippen LogP contribution in [-0.2, 0) is 0 Å². The van der Waals surface area contributed by atoms with Crippen molar-refractivity contribution in [2.75, 3.05) is 13.6 Å². The van der Waals surface area contributed by atoms with Crippen LogP contribution in [-0.4, -0.2) is 29.4 Å². The molecule has 0 saturated carbocycles. The van der Waals surface area contributed by atoms with E-state index in [2.05, 4.69) is 4.98 Å². The molecule has 1 aromatic carbocycles. The van der Waals surface area contributed by atoms with Crippen molar-refractivity contribution in [3.05, 3.63) is 57.3 Å². The Labute approximate surface area is 122 Å². The number of pyridine rings is 1. The van der Waals surface area contributed by atoms with E-state index in [-0.39, 0.29) is 11.5 Å². The molecule has 0 bridgehead atoms. The van der Waals surface area contributed by atoms with Gasteiger partial charge in [0.1, 0.15) is 5.56 Å². The van der Waals surface area contributed by atoms with Gasteiger partial charge in [-0.25, -0.2) is 0 Å². The second kappa shape index (κ2) is 5.92. The Morgan fingerprint density at radius 3 is 2.65 bits per heavy atom. The maximum atomic E-state index is 12.0. The van der Waals surface area contributed by atoms with E-state index >= 15 is 0 Å². The van der Waals surface area contributed by atoms with Crippen LogP contribution in [0.3, 0.4) is 0 Å². The molecule has 0 saturated heterocycles. The predicted molar refractivity (Wildman–Crippen MR) is 80.1 cm³/mol. The van der Waals surface area contributed by atoms with Crippen LogP contribution in [0.25, 0.3) is 11.3 Å². The minimum absolute atomic E-state index is 0.139. The summed E-state index contributed by atoms with van der Waals surface area (Å²) in [6.07, 6.45) is 0. The standard InChI is InChI=1S/C15H15ClN2O2/c1-3-18(2)15(20)12-7-8-13(17-14(12)19)10-5-4-6-11(16)9-10/h4-9H,3H2,1-2H3,(H,17,19). The van der Waals surface area contributed by atoms with Crippen LogP contribution in [0.4, 0.5) is 0 Å². The average Bonchev–Trinajstić information content (AvgIpc) is 2.45. The highest BCUT2D eigenvalue weighted by atomic mass is 35.5. The molecule has 20 heavy (non-hydrogen) atoms. The number of halogens is 1. The van der Waals surface area contributed by atoms with E-state index in [1.807, 2.05) is 13.0 Å². The molecule has 1 heterocycles. The fourth-order valence-electron chi connectivity index (χ4n) is 1.82. The number of benzene rings is 1. The van der Waals surface area contributed by atoms with Crippen LogP contribution in [0.2, 0.25) is 5.02 Å². The molecular formula is C15H15ClN2O2. The second-order valence-electron chi connectivity index (χ2n) is 4.44. The summed E-state index contributed by atoms with van der Waals surface area (Å²) in [5.74, 6) is -0.286. The van der Waals surface area contributed by atoms with Gasteiger partial charge in [-0.2, -0.15) is 0 Å². The smallest absolute Gasteiger partial charge is 0.261 e. The normalized spacial score (nSPS) is 10.3. The van der Waals surface area contributed by atoms with Crippen LogP contribution in [0, 0.1) is 0 Å². The first-order chi connectivity index (χ1) is 9.52. The summed E-state index contributed by atoms with van der Waals surface area (Å²) in [7, 11) is 1.66. The molecule has 0 spiro atoms. The fourth-order valence-corrected chi connectivity index (χ4v) is 2.01. The molecule has 0 aliphatic rings. The minimum atomic E-state index is -0.396. The highest BCUT2D eigenvalue weighted by Gasteiger charge is 2.14. The first kappa shape index (κ1) is 14.3. The Morgan fingerprint density at radius 2 is 2.05 bits per heavy atom. The molecule has 1 aromatic heterocycles. The lowest BCUT2D eigenvalue weighted by Crippen LogP contribution is -2.31. The largest absolute Gasteiger partial charge is 0.342 e. The quantitative estimate of drug-likeness (QED) is 0.945. The maximum absolute atomic E-state index is 12.0. The zero-order valence-corrected chi connectivity index (χ0v) is 12.1. The number of nitrogens with one attached hydrogen (secondary N) is 1. The van der Waals surface area contributed by atoms with Crippen molar-refractivity contribution in [1.82, 2.24) is 9.88 Å². The number of H-pyrrole nitrogens is 1. The summed E-state index contributed by atoms with van der Waals surface area (Å²) in [4.78, 5) is 28.2. The van der Waals surface area contributed by atoms with Crippen LogP contribution >= 0.6 is 11.6 Å². The third-order valence-electron chi connectivity index (χ3n) is 3.10. The molecule has 1 N–H and O–H groups in total. The minimum Gasteiger partial charge on any atom is -0.342 e. The van der Waals surface area contributed by atoms with Gasteiger partial charge in [-0.15, -0.1) is 0 Å². The molecular weight excluding hydrogens is 276 g/mol. The molecule has 104 valence electrons. The van der Waals surface area contributed by atoms with Gasteiger partial charge >= 0.3 is 0 Å².